The van der Waals surface area contributed by atoms with E-state index in [1.807, 2.05) is 0 Å². The van der Waals surface area contributed by atoms with Crippen LogP contribution in [0.4, 0.5) is 0 Å². The summed E-state index contributed by atoms with van der Waals surface area (Å²) in [4.78, 5) is 11.7. The maximum absolute atomic E-state index is 11.7. The molecule has 28 heavy (non-hydrogen) atoms. The summed E-state index contributed by atoms with van der Waals surface area (Å²) >= 11 is 0. The number of aldehydes is 1. The fourth-order valence-electron chi connectivity index (χ4n) is 5.01. The van der Waals surface area contributed by atoms with Crippen molar-refractivity contribution in [1.29, 1.82) is 0 Å². The fourth-order valence-corrected chi connectivity index (χ4v) is 10.5. The van der Waals surface area contributed by atoms with E-state index in [4.69, 9.17) is 4.43 Å². The SMILES string of the molecule is CCCCCCCCCCCCCC[C@H](C=O)O[Si](C(C)C)(C(C)C)C(C)C. The van der Waals surface area contributed by atoms with Crippen molar-refractivity contribution in [2.24, 2.45) is 0 Å². The van der Waals surface area contributed by atoms with Crippen LogP contribution in [0.5, 0.6) is 0 Å². The highest BCUT2D eigenvalue weighted by molar-refractivity contribution is 6.77. The van der Waals surface area contributed by atoms with E-state index in [0.29, 0.717) is 16.6 Å². The smallest absolute Gasteiger partial charge is 0.201 e. The van der Waals surface area contributed by atoms with E-state index in [0.717, 1.165) is 19.1 Å². The topological polar surface area (TPSA) is 26.3 Å². The second-order valence-corrected chi connectivity index (χ2v) is 15.2. The molecule has 0 saturated carbocycles. The van der Waals surface area contributed by atoms with E-state index in [1.54, 1.807) is 0 Å². The van der Waals surface area contributed by atoms with Crippen molar-refractivity contribution in [1.82, 2.24) is 0 Å². The second kappa shape index (κ2) is 16.6. The summed E-state index contributed by atoms with van der Waals surface area (Å²) in [6.45, 7) is 16.0. The summed E-state index contributed by atoms with van der Waals surface area (Å²) in [7, 11) is -1.95. The summed E-state index contributed by atoms with van der Waals surface area (Å²) in [6, 6.07) is 0. The maximum atomic E-state index is 11.7. The van der Waals surface area contributed by atoms with Gasteiger partial charge in [0.25, 0.3) is 0 Å². The molecule has 1 atom stereocenters. The van der Waals surface area contributed by atoms with E-state index in [9.17, 15) is 4.79 Å². The molecule has 0 aliphatic rings. The zero-order valence-electron chi connectivity index (χ0n) is 20.4. The molecule has 0 amide bonds. The van der Waals surface area contributed by atoms with Crippen molar-refractivity contribution in [3.8, 4) is 0 Å². The molecule has 0 saturated heterocycles. The van der Waals surface area contributed by atoms with Crippen LogP contribution in [0.25, 0.3) is 0 Å². The summed E-state index contributed by atoms with van der Waals surface area (Å²) in [5.41, 5.74) is 1.62. The lowest BCUT2D eigenvalue weighted by atomic mass is 10.0. The highest BCUT2D eigenvalue weighted by atomic mass is 28.4. The third kappa shape index (κ3) is 10.6. The number of hydrogen-bond donors (Lipinski definition) is 0. The van der Waals surface area contributed by atoms with Crippen LogP contribution in [-0.4, -0.2) is 20.7 Å². The van der Waals surface area contributed by atoms with E-state index in [2.05, 4.69) is 48.5 Å². The molecule has 0 aliphatic heterocycles. The minimum atomic E-state index is -1.95. The molecular weight excluding hydrogens is 360 g/mol. The molecule has 0 aromatic rings. The van der Waals surface area contributed by atoms with Gasteiger partial charge in [-0.05, 0) is 23.0 Å². The summed E-state index contributed by atoms with van der Waals surface area (Å²) < 4.78 is 6.64. The summed E-state index contributed by atoms with van der Waals surface area (Å²) in [6.07, 6.45) is 18.0. The molecule has 3 heteroatoms. The lowest BCUT2D eigenvalue weighted by Gasteiger charge is -2.43. The Bertz CT molecular complexity index is 344. The third-order valence-electron chi connectivity index (χ3n) is 6.56. The highest BCUT2D eigenvalue weighted by Gasteiger charge is 2.46. The highest BCUT2D eigenvalue weighted by Crippen LogP contribution is 2.43. The molecule has 0 bridgehead atoms. The van der Waals surface area contributed by atoms with Gasteiger partial charge in [0.15, 0.2) is 0 Å². The molecule has 0 aromatic carbocycles. The van der Waals surface area contributed by atoms with Crippen LogP contribution < -0.4 is 0 Å². The van der Waals surface area contributed by atoms with Crippen LogP contribution in [0, 0.1) is 0 Å². The average molecular weight is 413 g/mol. The van der Waals surface area contributed by atoms with Crippen LogP contribution >= 0.6 is 0 Å². The average Bonchev–Trinajstić information content (AvgIpc) is 2.64. The van der Waals surface area contributed by atoms with E-state index in [-0.39, 0.29) is 6.10 Å². The maximum Gasteiger partial charge on any atom is 0.201 e. The van der Waals surface area contributed by atoms with Gasteiger partial charge >= 0.3 is 0 Å². The predicted molar refractivity (Wildman–Crippen MR) is 128 cm³/mol. The Morgan fingerprint density at radius 2 is 1.00 bits per heavy atom. The molecule has 168 valence electrons. The zero-order chi connectivity index (χ0) is 21.4. The molecular formula is C25H52O2Si. The predicted octanol–water partition coefficient (Wildman–Crippen LogP) is 8.84. The molecule has 0 heterocycles. The van der Waals surface area contributed by atoms with Gasteiger partial charge in [0.05, 0.1) is 0 Å². The van der Waals surface area contributed by atoms with Gasteiger partial charge in [-0.3, -0.25) is 0 Å². The molecule has 0 rings (SSSR count). The zero-order valence-corrected chi connectivity index (χ0v) is 21.4. The van der Waals surface area contributed by atoms with Crippen molar-refractivity contribution < 1.29 is 9.22 Å². The standard InChI is InChI=1S/C25H52O2Si/c1-8-9-10-11-12-13-14-15-16-17-18-19-20-25(21-26)27-28(22(2)3,23(4)5)24(6)7/h21-25H,8-20H2,1-7H3/t25-/m1/s1. The van der Waals surface area contributed by atoms with Crippen molar-refractivity contribution >= 4 is 14.6 Å². The third-order valence-corrected chi connectivity index (χ3v) is 12.7. The minimum absolute atomic E-state index is 0.193. The summed E-state index contributed by atoms with van der Waals surface area (Å²) in [5, 5.41) is 0. The van der Waals surface area contributed by atoms with Crippen LogP contribution in [-0.2, 0) is 9.22 Å². The van der Waals surface area contributed by atoms with Gasteiger partial charge < -0.3 is 9.22 Å². The Hall–Kier alpha value is -0.153. The number of carbonyl (C=O) groups is 1. The van der Waals surface area contributed by atoms with Gasteiger partial charge in [0.2, 0.25) is 8.32 Å². The summed E-state index contributed by atoms with van der Waals surface area (Å²) in [5.74, 6) is 0. The van der Waals surface area contributed by atoms with Crippen LogP contribution in [0.15, 0.2) is 0 Å². The molecule has 0 unspecified atom stereocenters. The Balaban J connectivity index is 4.01. The van der Waals surface area contributed by atoms with Gasteiger partial charge in [-0.1, -0.05) is 126 Å². The van der Waals surface area contributed by atoms with E-state index < -0.39 is 8.32 Å². The van der Waals surface area contributed by atoms with Crippen LogP contribution in [0.2, 0.25) is 16.6 Å². The molecule has 0 fully saturated rings. The second-order valence-electron chi connectivity index (χ2n) is 9.79. The lowest BCUT2D eigenvalue weighted by molar-refractivity contribution is -0.114. The number of hydrogen-bond acceptors (Lipinski definition) is 2. The van der Waals surface area contributed by atoms with Gasteiger partial charge in [-0.2, -0.15) is 0 Å². The fraction of sp³-hybridized carbons (Fsp3) is 0.960. The quantitative estimate of drug-likeness (QED) is 0.120. The lowest BCUT2D eigenvalue weighted by Crippen LogP contribution is -2.50. The Kier molecular flexibility index (Phi) is 16.5. The molecule has 0 aliphatic carbocycles. The number of rotatable bonds is 19. The first-order valence-electron chi connectivity index (χ1n) is 12.5. The van der Waals surface area contributed by atoms with Crippen LogP contribution in [0.3, 0.4) is 0 Å². The van der Waals surface area contributed by atoms with Gasteiger partial charge in [0, 0.05) is 0 Å². The van der Waals surface area contributed by atoms with E-state index >= 15 is 0 Å². The first-order chi connectivity index (χ1) is 13.3. The van der Waals surface area contributed by atoms with Gasteiger partial charge in [-0.15, -0.1) is 0 Å². The first kappa shape index (κ1) is 27.8. The van der Waals surface area contributed by atoms with Gasteiger partial charge in [-0.25, -0.2) is 0 Å². The molecule has 0 N–H and O–H groups in total. The van der Waals surface area contributed by atoms with Gasteiger partial charge in [0.1, 0.15) is 12.4 Å². The van der Waals surface area contributed by atoms with Crippen LogP contribution in [0.1, 0.15) is 132 Å². The molecule has 0 spiro atoms. The van der Waals surface area contributed by atoms with Crippen molar-refractivity contribution in [2.45, 2.75) is 155 Å². The normalized spacial score (nSPS) is 13.6. The molecule has 2 nitrogen and oxygen atoms in total. The minimum Gasteiger partial charge on any atom is -0.406 e. The first-order valence-corrected chi connectivity index (χ1v) is 14.6. The Morgan fingerprint density at radius 1 is 0.643 bits per heavy atom. The van der Waals surface area contributed by atoms with Crippen molar-refractivity contribution in [2.75, 3.05) is 0 Å². The Labute approximate surface area is 178 Å². The number of unbranched alkanes of at least 4 members (excludes halogenated alkanes) is 11. The Morgan fingerprint density at radius 3 is 1.32 bits per heavy atom. The largest absolute Gasteiger partial charge is 0.406 e. The molecule has 0 radical (unpaired) electrons. The van der Waals surface area contributed by atoms with E-state index in [1.165, 1.54) is 70.6 Å². The van der Waals surface area contributed by atoms with Crippen molar-refractivity contribution in [3.05, 3.63) is 0 Å². The van der Waals surface area contributed by atoms with Crippen molar-refractivity contribution in [3.63, 3.8) is 0 Å². The monoisotopic (exact) mass is 412 g/mol. The molecule has 0 aromatic heterocycles. The number of carbonyl (C=O) groups excluding carboxylic acids is 1.